The molecular formula is C22H21N3O4S. The predicted octanol–water partition coefficient (Wildman–Crippen LogP) is 2.83. The van der Waals surface area contributed by atoms with Gasteiger partial charge in [-0.15, -0.1) is 11.3 Å². The molecule has 3 rings (SSSR count). The maximum Gasteiger partial charge on any atom is 0.276 e. The lowest BCUT2D eigenvalue weighted by Crippen LogP contribution is -2.43. The van der Waals surface area contributed by atoms with Crippen LogP contribution in [0.3, 0.4) is 0 Å². The Morgan fingerprint density at radius 2 is 1.73 bits per heavy atom. The fourth-order valence-electron chi connectivity index (χ4n) is 2.54. The number of hydrogen-bond acceptors (Lipinski definition) is 5. The highest BCUT2D eigenvalue weighted by atomic mass is 32.1. The zero-order valence-electron chi connectivity index (χ0n) is 16.3. The van der Waals surface area contributed by atoms with Crippen molar-refractivity contribution in [3.63, 3.8) is 0 Å². The number of carbonyl (C=O) groups is 3. The van der Waals surface area contributed by atoms with Gasteiger partial charge in [-0.25, -0.2) is 0 Å². The SMILES string of the molecule is Cc1cccc(OCC(=O)NNC(=O)c2ccc(CNC(=O)c3cccs3)cc2)c1. The van der Waals surface area contributed by atoms with Crippen LogP contribution >= 0.6 is 11.3 Å². The van der Waals surface area contributed by atoms with Gasteiger partial charge in [0, 0.05) is 12.1 Å². The minimum atomic E-state index is -0.474. The molecule has 3 N–H and O–H groups in total. The molecule has 0 saturated carbocycles. The normalized spacial score (nSPS) is 10.2. The number of ether oxygens (including phenoxy) is 1. The minimum absolute atomic E-state index is 0.137. The van der Waals surface area contributed by atoms with E-state index in [0.717, 1.165) is 11.1 Å². The van der Waals surface area contributed by atoms with E-state index >= 15 is 0 Å². The molecule has 3 amide bonds. The van der Waals surface area contributed by atoms with Gasteiger partial charge < -0.3 is 10.1 Å². The standard InChI is InChI=1S/C22H21N3O4S/c1-15-4-2-5-18(12-15)29-14-20(26)24-25-21(27)17-9-7-16(8-10-17)13-23-22(28)19-6-3-11-30-19/h2-12H,13-14H2,1H3,(H,23,28)(H,24,26)(H,25,27). The molecule has 0 saturated heterocycles. The Morgan fingerprint density at radius 3 is 2.43 bits per heavy atom. The molecule has 2 aromatic carbocycles. The zero-order valence-corrected chi connectivity index (χ0v) is 17.1. The third kappa shape index (κ3) is 6.18. The van der Waals surface area contributed by atoms with Crippen LogP contribution in [-0.4, -0.2) is 24.3 Å². The Hall–Kier alpha value is -3.65. The van der Waals surface area contributed by atoms with Crippen LogP contribution in [0.1, 0.15) is 31.2 Å². The first-order chi connectivity index (χ1) is 14.5. The average molecular weight is 423 g/mol. The van der Waals surface area contributed by atoms with Crippen LogP contribution in [0.25, 0.3) is 0 Å². The first kappa shape index (κ1) is 21.1. The first-order valence-electron chi connectivity index (χ1n) is 9.20. The Labute approximate surface area is 178 Å². The van der Waals surface area contributed by atoms with Gasteiger partial charge in [0.1, 0.15) is 5.75 Å². The van der Waals surface area contributed by atoms with E-state index in [9.17, 15) is 14.4 Å². The van der Waals surface area contributed by atoms with E-state index in [0.29, 0.717) is 22.7 Å². The molecule has 0 radical (unpaired) electrons. The largest absolute Gasteiger partial charge is 0.484 e. The third-order valence-corrected chi connectivity index (χ3v) is 4.96. The van der Waals surface area contributed by atoms with Gasteiger partial charge in [-0.05, 0) is 53.8 Å². The van der Waals surface area contributed by atoms with E-state index in [1.165, 1.54) is 11.3 Å². The number of aryl methyl sites for hydroxylation is 1. The highest BCUT2D eigenvalue weighted by Gasteiger charge is 2.09. The third-order valence-electron chi connectivity index (χ3n) is 4.09. The molecule has 0 aliphatic carbocycles. The van der Waals surface area contributed by atoms with Gasteiger partial charge >= 0.3 is 0 Å². The van der Waals surface area contributed by atoms with Gasteiger partial charge in [0.25, 0.3) is 17.7 Å². The summed E-state index contributed by atoms with van der Waals surface area (Å²) in [5.41, 5.74) is 6.92. The van der Waals surface area contributed by atoms with Crippen molar-refractivity contribution >= 4 is 29.1 Å². The Morgan fingerprint density at radius 1 is 0.933 bits per heavy atom. The maximum atomic E-state index is 12.2. The molecule has 3 aromatic rings. The molecular weight excluding hydrogens is 402 g/mol. The summed E-state index contributed by atoms with van der Waals surface area (Å²) in [6.45, 7) is 2.06. The summed E-state index contributed by atoms with van der Waals surface area (Å²) in [6.07, 6.45) is 0. The van der Waals surface area contributed by atoms with E-state index in [2.05, 4.69) is 16.2 Å². The predicted molar refractivity (Wildman–Crippen MR) is 114 cm³/mol. The van der Waals surface area contributed by atoms with Crippen molar-refractivity contribution in [2.24, 2.45) is 0 Å². The monoisotopic (exact) mass is 423 g/mol. The lowest BCUT2D eigenvalue weighted by molar-refractivity contribution is -0.123. The summed E-state index contributed by atoms with van der Waals surface area (Å²) < 4.78 is 5.38. The quantitative estimate of drug-likeness (QED) is 0.509. The van der Waals surface area contributed by atoms with Crippen molar-refractivity contribution < 1.29 is 19.1 Å². The Bertz CT molecular complexity index is 1020. The lowest BCUT2D eigenvalue weighted by atomic mass is 10.1. The van der Waals surface area contributed by atoms with Gasteiger partial charge in [-0.1, -0.05) is 30.3 Å². The van der Waals surface area contributed by atoms with Crippen LogP contribution in [0.5, 0.6) is 5.75 Å². The number of benzene rings is 2. The molecule has 0 aliphatic rings. The highest BCUT2D eigenvalue weighted by molar-refractivity contribution is 7.12. The van der Waals surface area contributed by atoms with Crippen molar-refractivity contribution in [2.45, 2.75) is 13.5 Å². The van der Waals surface area contributed by atoms with E-state index in [1.807, 2.05) is 36.6 Å². The molecule has 0 fully saturated rings. The van der Waals surface area contributed by atoms with Crippen LogP contribution in [0, 0.1) is 6.92 Å². The summed E-state index contributed by atoms with van der Waals surface area (Å²) in [4.78, 5) is 36.6. The number of nitrogens with one attached hydrogen (secondary N) is 3. The van der Waals surface area contributed by atoms with Crippen molar-refractivity contribution in [1.29, 1.82) is 0 Å². The van der Waals surface area contributed by atoms with Crippen molar-refractivity contribution in [3.05, 3.63) is 87.6 Å². The van der Waals surface area contributed by atoms with Gasteiger partial charge in [0.05, 0.1) is 4.88 Å². The second-order valence-corrected chi connectivity index (χ2v) is 7.41. The van der Waals surface area contributed by atoms with Crippen molar-refractivity contribution in [1.82, 2.24) is 16.2 Å². The Kier molecular flexibility index (Phi) is 7.18. The molecule has 154 valence electrons. The van der Waals surface area contributed by atoms with Crippen LogP contribution in [0.4, 0.5) is 0 Å². The number of rotatable bonds is 7. The summed E-state index contributed by atoms with van der Waals surface area (Å²) in [7, 11) is 0. The second kappa shape index (κ2) is 10.2. The van der Waals surface area contributed by atoms with Crippen LogP contribution in [0.2, 0.25) is 0 Å². The van der Waals surface area contributed by atoms with E-state index in [4.69, 9.17) is 4.74 Å². The van der Waals surface area contributed by atoms with Crippen LogP contribution in [0.15, 0.2) is 66.0 Å². The second-order valence-electron chi connectivity index (χ2n) is 6.46. The summed E-state index contributed by atoms with van der Waals surface area (Å²) in [6, 6.07) is 17.6. The van der Waals surface area contributed by atoms with Crippen molar-refractivity contribution in [2.75, 3.05) is 6.61 Å². The fourth-order valence-corrected chi connectivity index (χ4v) is 3.18. The highest BCUT2D eigenvalue weighted by Crippen LogP contribution is 2.12. The molecule has 0 atom stereocenters. The number of thiophene rings is 1. The number of amides is 3. The smallest absolute Gasteiger partial charge is 0.276 e. The van der Waals surface area contributed by atoms with Gasteiger partial charge in [-0.2, -0.15) is 0 Å². The molecule has 8 heteroatoms. The molecule has 1 aromatic heterocycles. The number of hydrazine groups is 1. The summed E-state index contributed by atoms with van der Waals surface area (Å²) in [5, 5.41) is 4.66. The maximum absolute atomic E-state index is 12.2. The summed E-state index contributed by atoms with van der Waals surface area (Å²) >= 11 is 1.37. The van der Waals surface area contributed by atoms with Gasteiger partial charge in [0.2, 0.25) is 0 Å². The van der Waals surface area contributed by atoms with Crippen LogP contribution in [-0.2, 0) is 11.3 Å². The minimum Gasteiger partial charge on any atom is -0.484 e. The number of hydrogen-bond donors (Lipinski definition) is 3. The Balaban J connectivity index is 1.41. The first-order valence-corrected chi connectivity index (χ1v) is 10.1. The van der Waals surface area contributed by atoms with Crippen molar-refractivity contribution in [3.8, 4) is 5.75 Å². The molecule has 0 spiro atoms. The zero-order chi connectivity index (χ0) is 21.3. The molecule has 0 unspecified atom stereocenters. The summed E-state index contributed by atoms with van der Waals surface area (Å²) in [5.74, 6) is -0.480. The molecule has 0 bridgehead atoms. The average Bonchev–Trinajstić information content (AvgIpc) is 3.30. The van der Waals surface area contributed by atoms with E-state index in [1.54, 1.807) is 36.4 Å². The van der Waals surface area contributed by atoms with Crippen LogP contribution < -0.4 is 20.9 Å². The van der Waals surface area contributed by atoms with E-state index in [-0.39, 0.29) is 12.5 Å². The molecule has 7 nitrogen and oxygen atoms in total. The fraction of sp³-hybridized carbons (Fsp3) is 0.136. The molecule has 1 heterocycles. The van der Waals surface area contributed by atoms with E-state index < -0.39 is 11.8 Å². The van der Waals surface area contributed by atoms with Gasteiger partial charge in [-0.3, -0.25) is 25.2 Å². The number of carbonyl (C=O) groups excluding carboxylic acids is 3. The lowest BCUT2D eigenvalue weighted by Gasteiger charge is -2.10. The topological polar surface area (TPSA) is 96.5 Å². The molecule has 0 aliphatic heterocycles. The molecule has 30 heavy (non-hydrogen) atoms. The van der Waals surface area contributed by atoms with Gasteiger partial charge in [0.15, 0.2) is 6.61 Å².